The average molecular weight is 275 g/mol. The highest BCUT2D eigenvalue weighted by Gasteiger charge is 2.23. The van der Waals surface area contributed by atoms with Crippen LogP contribution in [0.15, 0.2) is 0 Å². The Morgan fingerprint density at radius 2 is 1.95 bits per heavy atom. The van der Waals surface area contributed by atoms with Crippen LogP contribution in [-0.4, -0.2) is 58.9 Å². The minimum atomic E-state index is -0.817. The lowest BCUT2D eigenvalue weighted by Crippen LogP contribution is -2.48. The van der Waals surface area contributed by atoms with Crippen LogP contribution >= 0.6 is 0 Å². The Labute approximate surface area is 117 Å². The Bertz CT molecular complexity index is 559. The van der Waals surface area contributed by atoms with Gasteiger partial charge in [0.1, 0.15) is 11.6 Å². The molecule has 106 valence electrons. The van der Waals surface area contributed by atoms with E-state index < -0.39 is 5.97 Å². The highest BCUT2D eigenvalue weighted by molar-refractivity contribution is 5.69. The summed E-state index contributed by atoms with van der Waals surface area (Å²) in [6.45, 7) is 6.35. The number of aliphatic carboxylic acids is 1. The quantitative estimate of drug-likeness (QED) is 0.840. The first kappa shape index (κ1) is 14.2. The van der Waals surface area contributed by atoms with E-state index in [1.807, 2.05) is 23.6 Å². The van der Waals surface area contributed by atoms with Crippen LogP contribution in [0.4, 0.5) is 5.82 Å². The van der Waals surface area contributed by atoms with E-state index in [9.17, 15) is 10.1 Å². The van der Waals surface area contributed by atoms with Crippen molar-refractivity contribution in [2.45, 2.75) is 13.8 Å². The second-order valence-electron chi connectivity index (χ2n) is 4.88. The zero-order valence-electron chi connectivity index (χ0n) is 11.6. The number of nitrogens with zero attached hydrogens (tertiary/aromatic N) is 5. The van der Waals surface area contributed by atoms with Gasteiger partial charge in [-0.25, -0.2) is 0 Å². The first-order valence-corrected chi connectivity index (χ1v) is 6.46. The van der Waals surface area contributed by atoms with Gasteiger partial charge in [-0.2, -0.15) is 10.4 Å². The van der Waals surface area contributed by atoms with Crippen LogP contribution in [0.25, 0.3) is 0 Å². The molecule has 0 radical (unpaired) electrons. The number of piperazine rings is 1. The van der Waals surface area contributed by atoms with Gasteiger partial charge in [0, 0.05) is 26.2 Å². The molecule has 1 aliphatic rings. The number of carbonyl (C=O) groups is 1. The minimum absolute atomic E-state index is 0.0531. The second-order valence-corrected chi connectivity index (χ2v) is 4.88. The summed E-state index contributed by atoms with van der Waals surface area (Å²) in [5, 5.41) is 26.3. The van der Waals surface area contributed by atoms with Crippen molar-refractivity contribution in [3.8, 4) is 6.07 Å². The first-order valence-electron chi connectivity index (χ1n) is 6.46. The van der Waals surface area contributed by atoms with Crippen molar-refractivity contribution in [3.05, 3.63) is 16.8 Å². The maximum Gasteiger partial charge on any atom is 0.317 e. The average Bonchev–Trinajstić information content (AvgIpc) is 2.42. The number of carboxylic acid groups (broad SMARTS) is 1. The largest absolute Gasteiger partial charge is 0.480 e. The molecule has 1 aromatic heterocycles. The van der Waals surface area contributed by atoms with Crippen molar-refractivity contribution in [1.29, 1.82) is 5.26 Å². The lowest BCUT2D eigenvalue weighted by Gasteiger charge is -2.34. The summed E-state index contributed by atoms with van der Waals surface area (Å²) in [4.78, 5) is 14.6. The van der Waals surface area contributed by atoms with E-state index in [2.05, 4.69) is 16.3 Å². The molecular weight excluding hydrogens is 258 g/mol. The fourth-order valence-electron chi connectivity index (χ4n) is 2.26. The van der Waals surface area contributed by atoms with Gasteiger partial charge in [0.05, 0.1) is 12.2 Å². The number of anilines is 1. The smallest absolute Gasteiger partial charge is 0.317 e. The number of carboxylic acids is 1. The van der Waals surface area contributed by atoms with Crippen molar-refractivity contribution in [1.82, 2.24) is 15.1 Å². The van der Waals surface area contributed by atoms with Gasteiger partial charge < -0.3 is 10.0 Å². The number of nitriles is 1. The summed E-state index contributed by atoms with van der Waals surface area (Å²) in [6, 6.07) is 2.19. The van der Waals surface area contributed by atoms with Gasteiger partial charge in [-0.05, 0) is 19.4 Å². The van der Waals surface area contributed by atoms with Crippen LogP contribution in [0.5, 0.6) is 0 Å². The molecule has 0 bridgehead atoms. The number of aromatic nitrogens is 2. The highest BCUT2D eigenvalue weighted by Crippen LogP contribution is 2.22. The van der Waals surface area contributed by atoms with E-state index >= 15 is 0 Å². The topological polar surface area (TPSA) is 93.3 Å². The molecule has 1 N–H and O–H groups in total. The molecular formula is C13H17N5O2. The summed E-state index contributed by atoms with van der Waals surface area (Å²) >= 11 is 0. The SMILES string of the molecule is Cc1nnc(N2CCN(CC(=O)O)CC2)c(C#N)c1C. The molecule has 0 spiro atoms. The predicted octanol–water partition coefficient (Wildman–Crippen LogP) is 0.172. The Balaban J connectivity index is 2.13. The Kier molecular flexibility index (Phi) is 4.15. The van der Waals surface area contributed by atoms with Crippen LogP contribution in [0, 0.1) is 25.2 Å². The van der Waals surface area contributed by atoms with E-state index in [0.717, 1.165) is 11.3 Å². The third kappa shape index (κ3) is 2.86. The van der Waals surface area contributed by atoms with Gasteiger partial charge >= 0.3 is 5.97 Å². The maximum absolute atomic E-state index is 10.7. The molecule has 7 nitrogen and oxygen atoms in total. The molecule has 2 rings (SSSR count). The molecule has 0 atom stereocenters. The third-order valence-electron chi connectivity index (χ3n) is 3.58. The van der Waals surface area contributed by atoms with Gasteiger partial charge in [-0.15, -0.1) is 5.10 Å². The molecule has 20 heavy (non-hydrogen) atoms. The zero-order valence-corrected chi connectivity index (χ0v) is 11.6. The molecule has 1 aliphatic heterocycles. The monoisotopic (exact) mass is 275 g/mol. The van der Waals surface area contributed by atoms with E-state index in [-0.39, 0.29) is 6.54 Å². The van der Waals surface area contributed by atoms with E-state index in [1.165, 1.54) is 0 Å². The molecule has 0 aliphatic carbocycles. The fourth-order valence-corrected chi connectivity index (χ4v) is 2.26. The molecule has 1 saturated heterocycles. The van der Waals surface area contributed by atoms with Crippen LogP contribution in [0.2, 0.25) is 0 Å². The van der Waals surface area contributed by atoms with Crippen LogP contribution in [0.3, 0.4) is 0 Å². The number of aryl methyl sites for hydroxylation is 1. The Hall–Kier alpha value is -2.20. The van der Waals surface area contributed by atoms with E-state index in [0.29, 0.717) is 37.6 Å². The number of hydrogen-bond donors (Lipinski definition) is 1. The molecule has 0 saturated carbocycles. The maximum atomic E-state index is 10.7. The van der Waals surface area contributed by atoms with Crippen molar-refractivity contribution >= 4 is 11.8 Å². The van der Waals surface area contributed by atoms with E-state index in [4.69, 9.17) is 5.11 Å². The van der Waals surface area contributed by atoms with Gasteiger partial charge in [-0.1, -0.05) is 0 Å². The van der Waals surface area contributed by atoms with Gasteiger partial charge in [0.25, 0.3) is 0 Å². The van der Waals surface area contributed by atoms with Crippen LogP contribution < -0.4 is 4.90 Å². The first-order chi connectivity index (χ1) is 9.52. The van der Waals surface area contributed by atoms with Crippen LogP contribution in [-0.2, 0) is 4.79 Å². The van der Waals surface area contributed by atoms with Gasteiger partial charge in [0.2, 0.25) is 0 Å². The molecule has 0 unspecified atom stereocenters. The van der Waals surface area contributed by atoms with Gasteiger partial charge in [0.15, 0.2) is 5.82 Å². The third-order valence-corrected chi connectivity index (χ3v) is 3.58. The second kappa shape index (κ2) is 5.84. The summed E-state index contributed by atoms with van der Waals surface area (Å²) < 4.78 is 0. The lowest BCUT2D eigenvalue weighted by atomic mass is 10.1. The van der Waals surface area contributed by atoms with Crippen molar-refractivity contribution < 1.29 is 9.90 Å². The lowest BCUT2D eigenvalue weighted by molar-refractivity contribution is -0.138. The highest BCUT2D eigenvalue weighted by atomic mass is 16.4. The predicted molar refractivity (Wildman–Crippen MR) is 72.5 cm³/mol. The zero-order chi connectivity index (χ0) is 14.7. The minimum Gasteiger partial charge on any atom is -0.480 e. The molecule has 1 aromatic rings. The summed E-state index contributed by atoms with van der Waals surface area (Å²) in [5.74, 6) is -0.215. The van der Waals surface area contributed by atoms with Crippen molar-refractivity contribution in [2.24, 2.45) is 0 Å². The molecule has 1 fully saturated rings. The number of hydrogen-bond acceptors (Lipinski definition) is 6. The summed E-state index contributed by atoms with van der Waals surface area (Å²) in [7, 11) is 0. The Morgan fingerprint density at radius 3 is 2.50 bits per heavy atom. The molecule has 0 amide bonds. The van der Waals surface area contributed by atoms with Crippen molar-refractivity contribution in [2.75, 3.05) is 37.6 Å². The standard InChI is InChI=1S/C13H17N5O2/c1-9-10(2)15-16-13(11(9)7-14)18-5-3-17(4-6-18)8-12(19)20/h3-6,8H2,1-2H3,(H,19,20). The summed E-state index contributed by atoms with van der Waals surface area (Å²) in [6.07, 6.45) is 0. The molecule has 0 aromatic carbocycles. The normalized spacial score (nSPS) is 15.9. The molecule has 7 heteroatoms. The van der Waals surface area contributed by atoms with E-state index in [1.54, 1.807) is 0 Å². The summed E-state index contributed by atoms with van der Waals surface area (Å²) in [5.41, 5.74) is 2.17. The number of rotatable bonds is 3. The molecule has 2 heterocycles. The van der Waals surface area contributed by atoms with Gasteiger partial charge in [-0.3, -0.25) is 9.69 Å². The van der Waals surface area contributed by atoms with Crippen LogP contribution in [0.1, 0.15) is 16.8 Å². The van der Waals surface area contributed by atoms with Crippen molar-refractivity contribution in [3.63, 3.8) is 0 Å². The fraction of sp³-hybridized carbons (Fsp3) is 0.538. The Morgan fingerprint density at radius 1 is 1.30 bits per heavy atom.